The summed E-state index contributed by atoms with van der Waals surface area (Å²) in [6.07, 6.45) is 0.712. The maximum absolute atomic E-state index is 13.2. The molecule has 6 heteroatoms. The molecule has 2 amide bonds. The molecule has 1 saturated heterocycles. The van der Waals surface area contributed by atoms with E-state index in [1.807, 2.05) is 18.9 Å². The van der Waals surface area contributed by atoms with Crippen LogP contribution in [0.4, 0.5) is 4.39 Å². The molecule has 0 N–H and O–H groups in total. The lowest BCUT2D eigenvalue weighted by atomic mass is 10.0. The quantitative estimate of drug-likeness (QED) is 0.786. The van der Waals surface area contributed by atoms with Gasteiger partial charge in [-0.25, -0.2) is 4.39 Å². The Morgan fingerprint density at radius 1 is 1.00 bits per heavy atom. The molecule has 1 aromatic carbocycles. The molecule has 0 aliphatic carbocycles. The molecule has 3 rings (SSSR count). The standard InChI is InChI=1S/C18H22FN3O2/c1-3-8-22-17(23)15(13-4-6-14(19)7-5-13)16(18(22)24)21-11-9-20(2)10-12-21/h4-7H,3,8-12H2,1-2H3. The van der Waals surface area contributed by atoms with Gasteiger partial charge >= 0.3 is 0 Å². The van der Waals surface area contributed by atoms with Crippen LogP contribution in [0.25, 0.3) is 5.57 Å². The van der Waals surface area contributed by atoms with Crippen molar-refractivity contribution in [1.82, 2.24) is 14.7 Å². The van der Waals surface area contributed by atoms with Crippen LogP contribution in [0.3, 0.4) is 0 Å². The van der Waals surface area contributed by atoms with Crippen molar-refractivity contribution in [3.8, 4) is 0 Å². The number of benzene rings is 1. The SMILES string of the molecule is CCCN1C(=O)C(c2ccc(F)cc2)=C(N2CCN(C)CC2)C1=O. The van der Waals surface area contributed by atoms with E-state index in [2.05, 4.69) is 4.90 Å². The topological polar surface area (TPSA) is 43.9 Å². The highest BCUT2D eigenvalue weighted by Gasteiger charge is 2.41. The summed E-state index contributed by atoms with van der Waals surface area (Å²) < 4.78 is 13.2. The van der Waals surface area contributed by atoms with E-state index in [1.165, 1.54) is 17.0 Å². The Balaban J connectivity index is 2.03. The van der Waals surface area contributed by atoms with Crippen LogP contribution in [0.5, 0.6) is 0 Å². The molecule has 0 bridgehead atoms. The molecular formula is C18H22FN3O2. The molecule has 24 heavy (non-hydrogen) atoms. The monoisotopic (exact) mass is 331 g/mol. The zero-order chi connectivity index (χ0) is 17.3. The second-order valence-electron chi connectivity index (χ2n) is 6.28. The van der Waals surface area contributed by atoms with Crippen molar-refractivity contribution >= 4 is 17.4 Å². The molecule has 2 aliphatic rings. The minimum atomic E-state index is -0.359. The van der Waals surface area contributed by atoms with Crippen molar-refractivity contribution < 1.29 is 14.0 Å². The van der Waals surface area contributed by atoms with Gasteiger partial charge in [0.15, 0.2) is 0 Å². The van der Waals surface area contributed by atoms with E-state index in [9.17, 15) is 14.0 Å². The van der Waals surface area contributed by atoms with Gasteiger partial charge in [0.2, 0.25) is 0 Å². The van der Waals surface area contributed by atoms with Crippen LogP contribution in [0.15, 0.2) is 30.0 Å². The highest BCUT2D eigenvalue weighted by molar-refractivity contribution is 6.35. The summed E-state index contributed by atoms with van der Waals surface area (Å²) in [5.74, 6) is -0.865. The Morgan fingerprint density at radius 3 is 2.21 bits per heavy atom. The minimum Gasteiger partial charge on any atom is -0.364 e. The first-order valence-electron chi connectivity index (χ1n) is 8.32. The van der Waals surface area contributed by atoms with Gasteiger partial charge < -0.3 is 9.80 Å². The van der Waals surface area contributed by atoms with Gasteiger partial charge in [-0.1, -0.05) is 19.1 Å². The van der Waals surface area contributed by atoms with Gasteiger partial charge in [0.05, 0.1) is 5.57 Å². The van der Waals surface area contributed by atoms with E-state index in [0.29, 0.717) is 42.9 Å². The average Bonchev–Trinajstić information content (AvgIpc) is 2.82. The van der Waals surface area contributed by atoms with Crippen LogP contribution in [0.1, 0.15) is 18.9 Å². The van der Waals surface area contributed by atoms with Crippen LogP contribution >= 0.6 is 0 Å². The van der Waals surface area contributed by atoms with Gasteiger partial charge in [-0.15, -0.1) is 0 Å². The van der Waals surface area contributed by atoms with Crippen LogP contribution in [-0.4, -0.2) is 66.3 Å². The highest BCUT2D eigenvalue weighted by atomic mass is 19.1. The van der Waals surface area contributed by atoms with E-state index in [4.69, 9.17) is 0 Å². The number of carbonyl (C=O) groups excluding carboxylic acids is 2. The van der Waals surface area contributed by atoms with Crippen molar-refractivity contribution in [1.29, 1.82) is 0 Å². The minimum absolute atomic E-state index is 0.231. The number of likely N-dealkylation sites (N-methyl/N-ethyl adjacent to an activating group) is 1. The fraction of sp³-hybridized carbons (Fsp3) is 0.444. The Hall–Kier alpha value is -2.21. The zero-order valence-corrected chi connectivity index (χ0v) is 14.1. The molecule has 2 heterocycles. The predicted octanol–water partition coefficient (Wildman–Crippen LogP) is 1.56. The van der Waals surface area contributed by atoms with Crippen molar-refractivity contribution in [2.45, 2.75) is 13.3 Å². The van der Waals surface area contributed by atoms with E-state index in [-0.39, 0.29) is 17.6 Å². The Labute approximate surface area is 141 Å². The first kappa shape index (κ1) is 16.6. The molecule has 0 unspecified atom stereocenters. The summed E-state index contributed by atoms with van der Waals surface area (Å²) >= 11 is 0. The molecule has 0 saturated carbocycles. The van der Waals surface area contributed by atoms with Gasteiger partial charge in [-0.3, -0.25) is 14.5 Å². The summed E-state index contributed by atoms with van der Waals surface area (Å²) in [6, 6.07) is 5.79. The Bertz CT molecular complexity index is 676. The number of piperazine rings is 1. The first-order valence-corrected chi connectivity index (χ1v) is 8.32. The normalized spacial score (nSPS) is 19.6. The lowest BCUT2D eigenvalue weighted by Gasteiger charge is -2.34. The van der Waals surface area contributed by atoms with Gasteiger partial charge in [-0.05, 0) is 31.2 Å². The summed E-state index contributed by atoms with van der Waals surface area (Å²) in [5, 5.41) is 0. The van der Waals surface area contributed by atoms with Crippen LogP contribution in [-0.2, 0) is 9.59 Å². The molecule has 128 valence electrons. The summed E-state index contributed by atoms with van der Waals surface area (Å²) in [6.45, 7) is 5.43. The third kappa shape index (κ3) is 2.94. The molecule has 1 aromatic rings. The maximum atomic E-state index is 13.2. The number of rotatable bonds is 4. The number of carbonyl (C=O) groups is 2. The predicted molar refractivity (Wildman–Crippen MR) is 89.4 cm³/mol. The fourth-order valence-corrected chi connectivity index (χ4v) is 3.19. The Morgan fingerprint density at radius 2 is 1.62 bits per heavy atom. The summed E-state index contributed by atoms with van der Waals surface area (Å²) in [4.78, 5) is 31.2. The van der Waals surface area contributed by atoms with Crippen LogP contribution in [0, 0.1) is 5.82 Å². The van der Waals surface area contributed by atoms with Gasteiger partial charge in [0.25, 0.3) is 11.8 Å². The van der Waals surface area contributed by atoms with Crippen molar-refractivity contribution in [2.24, 2.45) is 0 Å². The maximum Gasteiger partial charge on any atom is 0.277 e. The third-order valence-corrected chi connectivity index (χ3v) is 4.54. The van der Waals surface area contributed by atoms with Crippen molar-refractivity contribution in [3.63, 3.8) is 0 Å². The number of amides is 2. The van der Waals surface area contributed by atoms with E-state index in [0.717, 1.165) is 13.1 Å². The van der Waals surface area contributed by atoms with Gasteiger partial charge in [0, 0.05) is 32.7 Å². The number of imide groups is 1. The van der Waals surface area contributed by atoms with E-state index >= 15 is 0 Å². The lowest BCUT2D eigenvalue weighted by Crippen LogP contribution is -2.46. The van der Waals surface area contributed by atoms with Crippen LogP contribution in [0.2, 0.25) is 0 Å². The fourth-order valence-electron chi connectivity index (χ4n) is 3.19. The molecule has 1 fully saturated rings. The van der Waals surface area contributed by atoms with E-state index < -0.39 is 0 Å². The molecule has 0 radical (unpaired) electrons. The van der Waals surface area contributed by atoms with Crippen molar-refractivity contribution in [2.75, 3.05) is 39.8 Å². The zero-order valence-electron chi connectivity index (χ0n) is 14.1. The number of nitrogens with zero attached hydrogens (tertiary/aromatic N) is 3. The van der Waals surface area contributed by atoms with Gasteiger partial charge in [-0.2, -0.15) is 0 Å². The lowest BCUT2D eigenvalue weighted by molar-refractivity contribution is -0.137. The number of hydrogen-bond donors (Lipinski definition) is 0. The second-order valence-corrected chi connectivity index (χ2v) is 6.28. The van der Waals surface area contributed by atoms with Gasteiger partial charge in [0.1, 0.15) is 11.5 Å². The second kappa shape index (κ2) is 6.73. The molecule has 5 nitrogen and oxygen atoms in total. The third-order valence-electron chi connectivity index (χ3n) is 4.54. The summed E-state index contributed by atoms with van der Waals surface area (Å²) in [7, 11) is 2.04. The molecule has 2 aliphatic heterocycles. The first-order chi connectivity index (χ1) is 11.5. The summed E-state index contributed by atoms with van der Waals surface area (Å²) in [5.41, 5.74) is 1.47. The average molecular weight is 331 g/mol. The van der Waals surface area contributed by atoms with Crippen molar-refractivity contribution in [3.05, 3.63) is 41.3 Å². The molecule has 0 aromatic heterocycles. The molecular weight excluding hydrogens is 309 g/mol. The number of halogens is 1. The molecule has 0 spiro atoms. The van der Waals surface area contributed by atoms with Crippen LogP contribution < -0.4 is 0 Å². The largest absolute Gasteiger partial charge is 0.364 e. The Kier molecular flexibility index (Phi) is 4.66. The van der Waals surface area contributed by atoms with E-state index in [1.54, 1.807) is 12.1 Å². The number of hydrogen-bond acceptors (Lipinski definition) is 4. The highest BCUT2D eigenvalue weighted by Crippen LogP contribution is 2.32. The molecule has 0 atom stereocenters. The smallest absolute Gasteiger partial charge is 0.277 e.